The van der Waals surface area contributed by atoms with Crippen molar-refractivity contribution in [3.8, 4) is 0 Å². The molecule has 0 saturated carbocycles. The average molecular weight is 390 g/mol. The zero-order valence-electron chi connectivity index (χ0n) is 16.1. The Kier molecular flexibility index (Phi) is 11.0. The molecular formula is C19H26N4O5. The number of carbonyl (C=O) groups is 3. The number of ketones is 1. The maximum atomic E-state index is 12.3. The molecule has 1 aromatic rings. The molecule has 2 atom stereocenters. The van der Waals surface area contributed by atoms with Gasteiger partial charge in [-0.25, -0.2) is 4.79 Å². The second kappa shape index (κ2) is 13.3. The van der Waals surface area contributed by atoms with Crippen molar-refractivity contribution in [2.45, 2.75) is 38.5 Å². The van der Waals surface area contributed by atoms with Gasteiger partial charge in [0.15, 0.2) is 0 Å². The lowest BCUT2D eigenvalue weighted by Gasteiger charge is -2.19. The summed E-state index contributed by atoms with van der Waals surface area (Å²) in [5.41, 5.74) is 9.48. The predicted molar refractivity (Wildman–Crippen MR) is 101 cm³/mol. The Balaban J connectivity index is 2.48. The molecule has 2 N–H and O–H groups in total. The normalized spacial score (nSPS) is 12.4. The van der Waals surface area contributed by atoms with E-state index in [1.165, 1.54) is 14.0 Å². The lowest BCUT2D eigenvalue weighted by molar-refractivity contribution is -0.149. The van der Waals surface area contributed by atoms with E-state index in [9.17, 15) is 14.4 Å². The third-order valence-electron chi connectivity index (χ3n) is 3.90. The van der Waals surface area contributed by atoms with Gasteiger partial charge in [0.1, 0.15) is 18.8 Å². The number of Topliss-reactive ketones (excluding diaryl/α,β-unsaturated/α-hetero) is 1. The highest BCUT2D eigenvalue weighted by Gasteiger charge is 2.25. The van der Waals surface area contributed by atoms with Crippen LogP contribution in [0.3, 0.4) is 0 Å². The molecule has 0 bridgehead atoms. The number of hydrogen-bond acceptors (Lipinski definition) is 6. The summed E-state index contributed by atoms with van der Waals surface area (Å²) in [6, 6.07) is 8.77. The third-order valence-corrected chi connectivity index (χ3v) is 3.90. The Hall–Kier alpha value is -2.87. The first-order valence-electron chi connectivity index (χ1n) is 8.92. The van der Waals surface area contributed by atoms with E-state index < -0.39 is 29.8 Å². The van der Waals surface area contributed by atoms with Crippen LogP contribution in [0.1, 0.15) is 25.3 Å². The van der Waals surface area contributed by atoms with Gasteiger partial charge >= 0.3 is 12.2 Å². The van der Waals surface area contributed by atoms with Gasteiger partial charge in [-0.3, -0.25) is 9.59 Å². The van der Waals surface area contributed by atoms with Crippen LogP contribution in [-0.2, 0) is 30.4 Å². The summed E-state index contributed by atoms with van der Waals surface area (Å²) in [4.78, 5) is 38.4. The standard InChI is InChI=1S/C19H26N4O5/c1-14(27-2)18(25)23-17(9-8-16(24)13-22-20)19(26)28-11-10-21-12-15-6-4-3-5-7-15/h3-7,13-14,17,21H,8-12H2,1-2H3,(H,23,25)/t14-,17+/m1/s1. The average Bonchev–Trinajstić information content (AvgIpc) is 2.70. The lowest BCUT2D eigenvalue weighted by Crippen LogP contribution is -2.46. The summed E-state index contributed by atoms with van der Waals surface area (Å²) in [5.74, 6) is -1.61. The second-order valence-corrected chi connectivity index (χ2v) is 6.02. The molecule has 0 aliphatic heterocycles. The fraction of sp³-hybridized carbons (Fsp3) is 0.474. The minimum absolute atomic E-state index is 0.0172. The van der Waals surface area contributed by atoms with Crippen LogP contribution in [0.5, 0.6) is 0 Å². The van der Waals surface area contributed by atoms with Gasteiger partial charge in [0, 0.05) is 26.6 Å². The molecule has 9 heteroatoms. The number of methoxy groups -OCH3 is 1. The summed E-state index contributed by atoms with van der Waals surface area (Å²) in [7, 11) is 1.37. The summed E-state index contributed by atoms with van der Waals surface area (Å²) < 4.78 is 10.1. The van der Waals surface area contributed by atoms with E-state index >= 15 is 0 Å². The number of carbonyl (C=O) groups excluding carboxylic acids is 3. The van der Waals surface area contributed by atoms with Crippen LogP contribution in [0.15, 0.2) is 30.3 Å². The van der Waals surface area contributed by atoms with Crippen molar-refractivity contribution in [1.29, 1.82) is 0 Å². The fourth-order valence-electron chi connectivity index (χ4n) is 2.21. The van der Waals surface area contributed by atoms with Crippen LogP contribution in [0.25, 0.3) is 5.53 Å². The Bertz CT molecular complexity index is 689. The highest BCUT2D eigenvalue weighted by Crippen LogP contribution is 2.03. The number of rotatable bonds is 13. The highest BCUT2D eigenvalue weighted by molar-refractivity contribution is 6.25. The van der Waals surface area contributed by atoms with Crippen molar-refractivity contribution < 1.29 is 28.6 Å². The summed E-state index contributed by atoms with van der Waals surface area (Å²) in [6.45, 7) is 2.73. The summed E-state index contributed by atoms with van der Waals surface area (Å²) >= 11 is 0. The van der Waals surface area contributed by atoms with Crippen molar-refractivity contribution in [2.75, 3.05) is 20.3 Å². The number of esters is 1. The van der Waals surface area contributed by atoms with Crippen molar-refractivity contribution in [3.63, 3.8) is 0 Å². The van der Waals surface area contributed by atoms with Gasteiger partial charge in [-0.15, -0.1) is 0 Å². The maximum Gasteiger partial charge on any atom is 0.328 e. The molecule has 28 heavy (non-hydrogen) atoms. The smallest absolute Gasteiger partial charge is 0.328 e. The van der Waals surface area contributed by atoms with Crippen LogP contribution >= 0.6 is 0 Å². The van der Waals surface area contributed by atoms with Crippen LogP contribution in [-0.4, -0.2) is 61.1 Å². The van der Waals surface area contributed by atoms with Gasteiger partial charge in [-0.2, -0.15) is 4.79 Å². The molecule has 0 fully saturated rings. The first kappa shape index (κ1) is 23.2. The summed E-state index contributed by atoms with van der Waals surface area (Å²) in [6.07, 6.45) is -0.0752. The molecule has 1 rings (SSSR count). The van der Waals surface area contributed by atoms with E-state index in [1.54, 1.807) is 0 Å². The van der Waals surface area contributed by atoms with Crippen molar-refractivity contribution in [1.82, 2.24) is 10.6 Å². The van der Waals surface area contributed by atoms with E-state index in [0.717, 1.165) is 11.8 Å². The molecule has 0 aliphatic rings. The largest absolute Gasteiger partial charge is 0.463 e. The van der Waals surface area contributed by atoms with E-state index in [2.05, 4.69) is 15.4 Å². The molecular weight excluding hydrogens is 364 g/mol. The summed E-state index contributed by atoms with van der Waals surface area (Å²) in [5, 5.41) is 5.66. The van der Waals surface area contributed by atoms with Crippen molar-refractivity contribution in [2.24, 2.45) is 0 Å². The number of nitrogens with zero attached hydrogens (tertiary/aromatic N) is 2. The van der Waals surface area contributed by atoms with Gasteiger partial charge < -0.3 is 25.6 Å². The first-order valence-corrected chi connectivity index (χ1v) is 8.92. The molecule has 1 amide bonds. The third kappa shape index (κ3) is 9.18. The Morgan fingerprint density at radius 1 is 1.25 bits per heavy atom. The monoisotopic (exact) mass is 390 g/mol. The highest BCUT2D eigenvalue weighted by atomic mass is 16.5. The Morgan fingerprint density at radius 2 is 1.96 bits per heavy atom. The number of nitrogens with one attached hydrogen (secondary N) is 2. The first-order chi connectivity index (χ1) is 13.5. The SMILES string of the molecule is CO[C@H](C)C(=O)N[C@@H](CCC(=O)C=[N+]=[N-])C(=O)OCCNCc1ccccc1. The molecule has 0 aromatic heterocycles. The molecule has 0 radical (unpaired) electrons. The van der Waals surface area contributed by atoms with Gasteiger partial charge in [0.2, 0.25) is 11.7 Å². The molecule has 0 saturated heterocycles. The predicted octanol–water partition coefficient (Wildman–Crippen LogP) is 0.489. The fourth-order valence-corrected chi connectivity index (χ4v) is 2.21. The molecule has 0 aliphatic carbocycles. The lowest BCUT2D eigenvalue weighted by atomic mass is 10.1. The zero-order valence-corrected chi connectivity index (χ0v) is 16.1. The molecule has 0 spiro atoms. The number of ether oxygens (including phenoxy) is 2. The quantitative estimate of drug-likeness (QED) is 0.166. The number of amides is 1. The van der Waals surface area contributed by atoms with E-state index in [0.29, 0.717) is 13.1 Å². The van der Waals surface area contributed by atoms with E-state index in [4.69, 9.17) is 15.0 Å². The van der Waals surface area contributed by atoms with E-state index in [1.807, 2.05) is 30.3 Å². The minimum Gasteiger partial charge on any atom is -0.463 e. The molecule has 152 valence electrons. The van der Waals surface area contributed by atoms with Crippen molar-refractivity contribution in [3.05, 3.63) is 41.4 Å². The van der Waals surface area contributed by atoms with Crippen LogP contribution in [0.4, 0.5) is 0 Å². The Morgan fingerprint density at radius 3 is 2.61 bits per heavy atom. The van der Waals surface area contributed by atoms with Crippen molar-refractivity contribution >= 4 is 23.9 Å². The number of benzene rings is 1. The minimum atomic E-state index is -1.00. The van der Waals surface area contributed by atoms with E-state index in [-0.39, 0.29) is 19.4 Å². The van der Waals surface area contributed by atoms with Gasteiger partial charge in [-0.1, -0.05) is 30.3 Å². The zero-order chi connectivity index (χ0) is 20.8. The molecule has 0 heterocycles. The Labute approximate surface area is 164 Å². The number of hydrogen-bond donors (Lipinski definition) is 2. The molecule has 1 aromatic carbocycles. The molecule has 0 unspecified atom stereocenters. The molecule has 9 nitrogen and oxygen atoms in total. The topological polar surface area (TPSA) is 130 Å². The second-order valence-electron chi connectivity index (χ2n) is 6.02. The van der Waals surface area contributed by atoms with Crippen LogP contribution in [0.2, 0.25) is 0 Å². The van der Waals surface area contributed by atoms with Crippen LogP contribution in [0, 0.1) is 0 Å². The van der Waals surface area contributed by atoms with Gasteiger partial charge in [-0.05, 0) is 18.9 Å². The van der Waals surface area contributed by atoms with Gasteiger partial charge in [0.05, 0.1) is 0 Å². The van der Waals surface area contributed by atoms with Gasteiger partial charge in [0.25, 0.3) is 0 Å². The van der Waals surface area contributed by atoms with Crippen LogP contribution < -0.4 is 10.6 Å². The maximum absolute atomic E-state index is 12.3.